The highest BCUT2D eigenvalue weighted by Crippen LogP contribution is 2.26. The molecule has 6 heteroatoms. The molecule has 0 unspecified atom stereocenters. The highest BCUT2D eigenvalue weighted by atomic mass is 35.5. The second-order valence-corrected chi connectivity index (χ2v) is 5.41. The molecule has 0 saturated heterocycles. The number of hydrogen-bond acceptors (Lipinski definition) is 2. The number of benzene rings is 2. The van der Waals surface area contributed by atoms with E-state index in [0.717, 1.165) is 11.1 Å². The van der Waals surface area contributed by atoms with Gasteiger partial charge in [-0.3, -0.25) is 0 Å². The van der Waals surface area contributed by atoms with E-state index in [-0.39, 0.29) is 5.75 Å². The summed E-state index contributed by atoms with van der Waals surface area (Å²) in [7, 11) is 1.43. The van der Waals surface area contributed by atoms with Gasteiger partial charge < -0.3 is 14.3 Å². The van der Waals surface area contributed by atoms with Crippen LogP contribution in [0.5, 0.6) is 5.75 Å². The fourth-order valence-corrected chi connectivity index (χ4v) is 2.74. The Morgan fingerprint density at radius 1 is 1.33 bits per heavy atom. The smallest absolute Gasteiger partial charge is 0.178 e. The van der Waals surface area contributed by atoms with Gasteiger partial charge >= 0.3 is 0 Å². The molecule has 0 spiro atoms. The largest absolute Gasteiger partial charge is 0.494 e. The third-order valence-corrected chi connectivity index (χ3v) is 4.03. The van der Waals surface area contributed by atoms with E-state index in [0.29, 0.717) is 21.9 Å². The Morgan fingerprint density at radius 3 is 2.81 bits per heavy atom. The zero-order valence-corrected chi connectivity index (χ0v) is 12.8. The van der Waals surface area contributed by atoms with Gasteiger partial charge in [0.25, 0.3) is 0 Å². The van der Waals surface area contributed by atoms with Crippen molar-refractivity contribution < 1.29 is 9.13 Å². The van der Waals surface area contributed by atoms with E-state index >= 15 is 0 Å². The predicted molar refractivity (Wildman–Crippen MR) is 84.2 cm³/mol. The van der Waals surface area contributed by atoms with Gasteiger partial charge in [-0.15, -0.1) is 0 Å². The Kier molecular flexibility index (Phi) is 3.69. The van der Waals surface area contributed by atoms with E-state index in [2.05, 4.69) is 4.98 Å². The minimum Gasteiger partial charge on any atom is -0.494 e. The predicted octanol–water partition coefficient (Wildman–Crippen LogP) is 4.55. The zero-order chi connectivity index (χ0) is 15.0. The summed E-state index contributed by atoms with van der Waals surface area (Å²) < 4.78 is 21.2. The van der Waals surface area contributed by atoms with Crippen molar-refractivity contribution in [1.82, 2.24) is 9.55 Å². The van der Waals surface area contributed by atoms with Crippen LogP contribution in [0.25, 0.3) is 11.0 Å². The first kappa shape index (κ1) is 14.1. The fraction of sp³-hybridized carbons (Fsp3) is 0.133. The SMILES string of the molecule is COc1cc2c(cc1F)[nH]c(=S)n2Cc1ccccc1Cl. The summed E-state index contributed by atoms with van der Waals surface area (Å²) in [5.41, 5.74) is 2.35. The van der Waals surface area contributed by atoms with E-state index in [9.17, 15) is 4.39 Å². The van der Waals surface area contributed by atoms with E-state index in [1.54, 1.807) is 6.07 Å². The van der Waals surface area contributed by atoms with E-state index in [1.165, 1.54) is 13.2 Å². The summed E-state index contributed by atoms with van der Waals surface area (Å²) in [6.07, 6.45) is 0. The Bertz CT molecular complexity index is 872. The maximum atomic E-state index is 13.7. The molecule has 0 amide bonds. The number of nitrogens with one attached hydrogen (secondary N) is 1. The highest BCUT2D eigenvalue weighted by molar-refractivity contribution is 7.71. The van der Waals surface area contributed by atoms with Crippen molar-refractivity contribution in [3.63, 3.8) is 0 Å². The number of aromatic nitrogens is 2. The average Bonchev–Trinajstić information content (AvgIpc) is 2.75. The Balaban J connectivity index is 2.16. The fourth-order valence-electron chi connectivity index (χ4n) is 2.27. The van der Waals surface area contributed by atoms with Crippen LogP contribution in [0.15, 0.2) is 36.4 Å². The van der Waals surface area contributed by atoms with Gasteiger partial charge in [0, 0.05) is 17.2 Å². The number of nitrogens with zero attached hydrogens (tertiary/aromatic N) is 1. The highest BCUT2D eigenvalue weighted by Gasteiger charge is 2.11. The molecule has 0 aliphatic rings. The van der Waals surface area contributed by atoms with E-state index in [1.807, 2.05) is 28.8 Å². The molecule has 1 aromatic heterocycles. The van der Waals surface area contributed by atoms with Gasteiger partial charge in [-0.2, -0.15) is 0 Å². The van der Waals surface area contributed by atoms with Gasteiger partial charge in [0.2, 0.25) is 0 Å². The lowest BCUT2D eigenvalue weighted by atomic mass is 10.2. The monoisotopic (exact) mass is 322 g/mol. The molecule has 0 bridgehead atoms. The molecule has 3 rings (SSSR count). The van der Waals surface area contributed by atoms with E-state index < -0.39 is 5.82 Å². The maximum Gasteiger partial charge on any atom is 0.178 e. The minimum atomic E-state index is -0.425. The van der Waals surface area contributed by atoms with Crippen LogP contribution >= 0.6 is 23.8 Å². The van der Waals surface area contributed by atoms with Crippen molar-refractivity contribution in [1.29, 1.82) is 0 Å². The van der Waals surface area contributed by atoms with Crippen LogP contribution in [-0.2, 0) is 6.54 Å². The topological polar surface area (TPSA) is 29.9 Å². The van der Waals surface area contributed by atoms with Crippen LogP contribution in [0.1, 0.15) is 5.56 Å². The molecule has 0 aliphatic carbocycles. The number of imidazole rings is 1. The van der Waals surface area contributed by atoms with Gasteiger partial charge in [-0.05, 0) is 23.8 Å². The summed E-state index contributed by atoms with van der Waals surface area (Å²) in [6.45, 7) is 0.507. The van der Waals surface area contributed by atoms with Crippen LogP contribution in [0.4, 0.5) is 4.39 Å². The Labute approximate surface area is 130 Å². The molecule has 0 fully saturated rings. The Morgan fingerprint density at radius 2 is 2.10 bits per heavy atom. The van der Waals surface area contributed by atoms with Crippen LogP contribution < -0.4 is 4.74 Å². The minimum absolute atomic E-state index is 0.185. The first-order valence-electron chi connectivity index (χ1n) is 6.29. The Hall–Kier alpha value is -1.85. The molecule has 0 saturated carbocycles. The maximum absolute atomic E-state index is 13.7. The summed E-state index contributed by atoms with van der Waals surface area (Å²) in [4.78, 5) is 3.00. The van der Waals surface area contributed by atoms with Gasteiger partial charge in [-0.1, -0.05) is 29.8 Å². The first-order valence-corrected chi connectivity index (χ1v) is 7.08. The van der Waals surface area contributed by atoms with Gasteiger partial charge in [0.1, 0.15) is 0 Å². The van der Waals surface area contributed by atoms with Gasteiger partial charge in [-0.25, -0.2) is 4.39 Å². The number of ether oxygens (including phenoxy) is 1. The van der Waals surface area contributed by atoms with Crippen molar-refractivity contribution in [2.75, 3.05) is 7.11 Å². The quantitative estimate of drug-likeness (QED) is 0.717. The third kappa shape index (κ3) is 2.54. The standard InChI is InChI=1S/C15H12ClFN2OS/c1-20-14-7-13-12(6-11(14)17)18-15(21)19(13)8-9-4-2-3-5-10(9)16/h2-7H,8H2,1H3,(H,18,21). The first-order chi connectivity index (χ1) is 10.1. The summed E-state index contributed by atoms with van der Waals surface area (Å²) in [5, 5.41) is 0.669. The van der Waals surface area contributed by atoms with Crippen molar-refractivity contribution in [3.05, 3.63) is 57.6 Å². The number of hydrogen-bond donors (Lipinski definition) is 1. The molecule has 1 heterocycles. The van der Waals surface area contributed by atoms with Crippen LogP contribution in [0.2, 0.25) is 5.02 Å². The molecule has 0 radical (unpaired) electrons. The van der Waals surface area contributed by atoms with Crippen LogP contribution in [0, 0.1) is 10.6 Å². The number of rotatable bonds is 3. The average molecular weight is 323 g/mol. The lowest BCUT2D eigenvalue weighted by Gasteiger charge is -2.08. The third-order valence-electron chi connectivity index (χ3n) is 3.33. The molecule has 108 valence electrons. The van der Waals surface area contributed by atoms with Crippen molar-refractivity contribution in [2.45, 2.75) is 6.54 Å². The molecule has 0 atom stereocenters. The number of fused-ring (bicyclic) bond motifs is 1. The van der Waals surface area contributed by atoms with Gasteiger partial charge in [0.15, 0.2) is 16.3 Å². The van der Waals surface area contributed by atoms with Gasteiger partial charge in [0.05, 0.1) is 24.7 Å². The molecule has 3 nitrogen and oxygen atoms in total. The number of methoxy groups -OCH3 is 1. The number of H-pyrrole nitrogens is 1. The normalized spacial score (nSPS) is 11.0. The molecule has 3 aromatic rings. The number of halogens is 2. The summed E-state index contributed by atoms with van der Waals surface area (Å²) in [6, 6.07) is 10.6. The van der Waals surface area contributed by atoms with Crippen LogP contribution in [0.3, 0.4) is 0 Å². The molecule has 1 N–H and O–H groups in total. The molecular weight excluding hydrogens is 311 g/mol. The summed E-state index contributed by atoms with van der Waals surface area (Å²) >= 11 is 11.5. The van der Waals surface area contributed by atoms with Crippen LogP contribution in [-0.4, -0.2) is 16.7 Å². The second kappa shape index (κ2) is 5.50. The second-order valence-electron chi connectivity index (χ2n) is 4.61. The molecule has 0 aliphatic heterocycles. The van der Waals surface area contributed by atoms with Crippen molar-refractivity contribution in [2.24, 2.45) is 0 Å². The zero-order valence-electron chi connectivity index (χ0n) is 11.2. The summed E-state index contributed by atoms with van der Waals surface area (Å²) in [5.74, 6) is -0.240. The number of aromatic amines is 1. The lowest BCUT2D eigenvalue weighted by molar-refractivity contribution is 0.387. The van der Waals surface area contributed by atoms with Crippen molar-refractivity contribution >= 4 is 34.9 Å². The lowest BCUT2D eigenvalue weighted by Crippen LogP contribution is -2.00. The van der Waals surface area contributed by atoms with Crippen molar-refractivity contribution in [3.8, 4) is 5.75 Å². The molecule has 21 heavy (non-hydrogen) atoms. The molecular formula is C15H12ClFN2OS. The van der Waals surface area contributed by atoms with E-state index in [4.69, 9.17) is 28.6 Å². The molecule has 2 aromatic carbocycles.